The smallest absolute Gasteiger partial charge is 0.240 e. The Kier molecular flexibility index (Phi) is 7.47. The van der Waals surface area contributed by atoms with Crippen molar-refractivity contribution in [2.75, 3.05) is 0 Å². The molecule has 0 aromatic heterocycles. The van der Waals surface area contributed by atoms with Crippen molar-refractivity contribution in [3.63, 3.8) is 0 Å². The number of primary amides is 1. The molecule has 0 rings (SSSR count). The Balaban J connectivity index is 0. The SMILES string of the molecule is C=CC(N)=O.[Zn]. The molecule has 0 aliphatic carbocycles. The van der Waals surface area contributed by atoms with Crippen molar-refractivity contribution in [1.82, 2.24) is 0 Å². The fraction of sp³-hybridized carbons (Fsp3) is 0. The summed E-state index contributed by atoms with van der Waals surface area (Å²) in [5.74, 6) is -0.481. The van der Waals surface area contributed by atoms with E-state index in [1.54, 1.807) is 0 Å². The van der Waals surface area contributed by atoms with Gasteiger partial charge < -0.3 is 5.73 Å². The zero-order chi connectivity index (χ0) is 4.28. The number of carbonyl (C=O) groups excluding carboxylic acids is 1. The Bertz CT molecular complexity index is 61.8. The van der Waals surface area contributed by atoms with E-state index in [1.165, 1.54) is 0 Å². The predicted octanol–water partition coefficient (Wildman–Crippen LogP) is -0.345. The molecule has 0 heterocycles. The number of rotatable bonds is 1. The maximum atomic E-state index is 9.47. The van der Waals surface area contributed by atoms with E-state index in [4.69, 9.17) is 0 Å². The van der Waals surface area contributed by atoms with Gasteiger partial charge in [-0.25, -0.2) is 0 Å². The number of hydrogen-bond donors (Lipinski definition) is 1. The summed E-state index contributed by atoms with van der Waals surface area (Å²) in [7, 11) is 0. The van der Waals surface area contributed by atoms with E-state index in [-0.39, 0.29) is 19.5 Å². The summed E-state index contributed by atoms with van der Waals surface area (Å²) in [5, 5.41) is 0. The molecule has 2 N–H and O–H groups in total. The first-order chi connectivity index (χ1) is 2.27. The fourth-order valence-corrected chi connectivity index (χ4v) is 0. The molecule has 0 atom stereocenters. The van der Waals surface area contributed by atoms with Crippen LogP contribution in [0.25, 0.3) is 0 Å². The molecule has 6 heavy (non-hydrogen) atoms. The van der Waals surface area contributed by atoms with Crippen molar-refractivity contribution in [1.29, 1.82) is 0 Å². The second-order valence-electron chi connectivity index (χ2n) is 0.606. The Morgan fingerprint density at radius 3 is 2.00 bits per heavy atom. The molecule has 0 aliphatic heterocycles. The molecule has 0 unspecified atom stereocenters. The van der Waals surface area contributed by atoms with Gasteiger partial charge in [0.15, 0.2) is 0 Å². The third kappa shape index (κ3) is 9.16. The molecular weight excluding hydrogens is 131 g/mol. The molecule has 3 heteroatoms. The van der Waals surface area contributed by atoms with Crippen LogP contribution in [0, 0.1) is 0 Å². The normalized spacial score (nSPS) is 5.33. The number of nitrogens with two attached hydrogens (primary N) is 1. The van der Waals surface area contributed by atoms with Crippen LogP contribution in [0.15, 0.2) is 12.7 Å². The Hall–Kier alpha value is -0.167. The van der Waals surface area contributed by atoms with Gasteiger partial charge in [-0.05, 0) is 6.08 Å². The van der Waals surface area contributed by atoms with Crippen LogP contribution in [-0.4, -0.2) is 5.91 Å². The Morgan fingerprint density at radius 2 is 2.00 bits per heavy atom. The third-order valence-electron chi connectivity index (χ3n) is 0.201. The van der Waals surface area contributed by atoms with Crippen LogP contribution in [0.5, 0.6) is 0 Å². The van der Waals surface area contributed by atoms with E-state index >= 15 is 0 Å². The van der Waals surface area contributed by atoms with Crippen LogP contribution in [0.4, 0.5) is 0 Å². The van der Waals surface area contributed by atoms with E-state index in [0.717, 1.165) is 6.08 Å². The zero-order valence-electron chi connectivity index (χ0n) is 3.48. The van der Waals surface area contributed by atoms with Gasteiger partial charge in [0.1, 0.15) is 0 Å². The van der Waals surface area contributed by atoms with Crippen molar-refractivity contribution < 1.29 is 24.3 Å². The second-order valence-corrected chi connectivity index (χ2v) is 0.606. The number of hydrogen-bond acceptors (Lipinski definition) is 1. The average molecular weight is 136 g/mol. The molecule has 0 saturated heterocycles. The maximum Gasteiger partial charge on any atom is 0.240 e. The third-order valence-corrected chi connectivity index (χ3v) is 0.201. The quantitative estimate of drug-likeness (QED) is 0.389. The first-order valence-electron chi connectivity index (χ1n) is 1.19. The van der Waals surface area contributed by atoms with Crippen molar-refractivity contribution in [3.8, 4) is 0 Å². The minimum atomic E-state index is -0.481. The van der Waals surface area contributed by atoms with Gasteiger partial charge in [-0.2, -0.15) is 0 Å². The van der Waals surface area contributed by atoms with E-state index in [0.29, 0.717) is 0 Å². The maximum absolute atomic E-state index is 9.47. The molecule has 0 radical (unpaired) electrons. The van der Waals surface area contributed by atoms with Crippen molar-refractivity contribution in [2.45, 2.75) is 0 Å². The second kappa shape index (κ2) is 4.83. The molecule has 1 amide bonds. The molecule has 0 saturated carbocycles. The van der Waals surface area contributed by atoms with Crippen LogP contribution in [0.2, 0.25) is 0 Å². The molecule has 0 aliphatic rings. The number of carbonyl (C=O) groups is 1. The van der Waals surface area contributed by atoms with Gasteiger partial charge in [0.25, 0.3) is 0 Å². The van der Waals surface area contributed by atoms with Crippen LogP contribution in [-0.2, 0) is 24.3 Å². The van der Waals surface area contributed by atoms with Crippen LogP contribution < -0.4 is 5.73 Å². The van der Waals surface area contributed by atoms with Crippen LogP contribution in [0.3, 0.4) is 0 Å². The minimum Gasteiger partial charge on any atom is -0.366 e. The Labute approximate surface area is 49.2 Å². The van der Waals surface area contributed by atoms with E-state index in [9.17, 15) is 4.79 Å². The largest absolute Gasteiger partial charge is 0.366 e. The van der Waals surface area contributed by atoms with Gasteiger partial charge in [0.05, 0.1) is 0 Å². The summed E-state index contributed by atoms with van der Waals surface area (Å²) >= 11 is 0. The van der Waals surface area contributed by atoms with Gasteiger partial charge in [-0.1, -0.05) is 6.58 Å². The first-order valence-corrected chi connectivity index (χ1v) is 1.19. The van der Waals surface area contributed by atoms with Gasteiger partial charge in [-0.15, -0.1) is 0 Å². The minimum absolute atomic E-state index is 0. The summed E-state index contributed by atoms with van der Waals surface area (Å²) in [4.78, 5) is 9.47. The predicted molar refractivity (Wildman–Crippen MR) is 19.4 cm³/mol. The summed E-state index contributed by atoms with van der Waals surface area (Å²) in [6.07, 6.45) is 1.06. The summed E-state index contributed by atoms with van der Waals surface area (Å²) in [6.45, 7) is 3.09. The fourth-order valence-electron chi connectivity index (χ4n) is 0. The van der Waals surface area contributed by atoms with Gasteiger partial charge in [-0.3, -0.25) is 4.79 Å². The molecule has 0 bridgehead atoms. The van der Waals surface area contributed by atoms with Gasteiger partial charge in [0.2, 0.25) is 5.91 Å². The first kappa shape index (κ1) is 9.27. The van der Waals surface area contributed by atoms with Crippen LogP contribution in [0.1, 0.15) is 0 Å². The van der Waals surface area contributed by atoms with Crippen molar-refractivity contribution >= 4 is 5.91 Å². The van der Waals surface area contributed by atoms with Crippen molar-refractivity contribution in [3.05, 3.63) is 12.7 Å². The van der Waals surface area contributed by atoms with Gasteiger partial charge in [0, 0.05) is 19.5 Å². The van der Waals surface area contributed by atoms with E-state index < -0.39 is 5.91 Å². The molecule has 0 fully saturated rings. The standard InChI is InChI=1S/C3H5NO.Zn/c1-2-3(4)5;/h2H,1H2,(H2,4,5);. The molecule has 0 spiro atoms. The van der Waals surface area contributed by atoms with E-state index in [2.05, 4.69) is 12.3 Å². The molecule has 0 aromatic rings. The monoisotopic (exact) mass is 135 g/mol. The number of amides is 1. The average Bonchev–Trinajstić information content (AvgIpc) is 1.38. The molecule has 2 nitrogen and oxygen atoms in total. The molecule has 0 aromatic carbocycles. The zero-order valence-corrected chi connectivity index (χ0v) is 6.44. The molecular formula is C3H5NOZn. The summed E-state index contributed by atoms with van der Waals surface area (Å²) in [6, 6.07) is 0. The topological polar surface area (TPSA) is 43.1 Å². The Morgan fingerprint density at radius 1 is 1.83 bits per heavy atom. The molecule has 30 valence electrons. The van der Waals surface area contributed by atoms with Gasteiger partial charge >= 0.3 is 0 Å². The van der Waals surface area contributed by atoms with E-state index in [1.807, 2.05) is 0 Å². The van der Waals surface area contributed by atoms with Crippen molar-refractivity contribution in [2.24, 2.45) is 5.73 Å². The van der Waals surface area contributed by atoms with Crippen LogP contribution >= 0.6 is 0 Å². The summed E-state index contributed by atoms with van der Waals surface area (Å²) < 4.78 is 0. The summed E-state index contributed by atoms with van der Waals surface area (Å²) in [5.41, 5.74) is 4.53.